The van der Waals surface area contributed by atoms with Gasteiger partial charge in [0.1, 0.15) is 18.3 Å². The highest BCUT2D eigenvalue weighted by Gasteiger charge is 2.85. The lowest BCUT2D eigenvalue weighted by atomic mass is 9.40. The Morgan fingerprint density at radius 2 is 1.64 bits per heavy atom. The third-order valence-electron chi connectivity index (χ3n) is 15.1. The molecule has 6 aliphatic rings. The lowest BCUT2D eigenvalue weighted by Gasteiger charge is -2.65. The molecular weight excluding hydrogens is 564 g/mol. The van der Waals surface area contributed by atoms with Crippen LogP contribution in [-0.4, -0.2) is 86.1 Å². The van der Waals surface area contributed by atoms with Crippen molar-refractivity contribution in [1.82, 2.24) is 0 Å². The molecule has 0 radical (unpaired) electrons. The number of carboxylic acid groups (broad SMARTS) is 1. The van der Waals surface area contributed by atoms with Gasteiger partial charge >= 0.3 is 5.97 Å². The number of aliphatic hydroxyl groups is 5. The minimum Gasteiger partial charge on any atom is -0.478 e. The Morgan fingerprint density at radius 1 is 0.955 bits per heavy atom. The molecule has 5 saturated carbocycles. The van der Waals surface area contributed by atoms with Crippen LogP contribution in [0.4, 0.5) is 0 Å². The van der Waals surface area contributed by atoms with Gasteiger partial charge in [0.2, 0.25) is 0 Å². The Balaban J connectivity index is 1.22. The van der Waals surface area contributed by atoms with E-state index >= 15 is 0 Å². The van der Waals surface area contributed by atoms with Crippen LogP contribution in [0.2, 0.25) is 0 Å². The van der Waals surface area contributed by atoms with Crippen molar-refractivity contribution in [3.63, 3.8) is 0 Å². The van der Waals surface area contributed by atoms with Gasteiger partial charge in [-0.2, -0.15) is 0 Å². The molecule has 6 fully saturated rings. The summed E-state index contributed by atoms with van der Waals surface area (Å²) in [6, 6.07) is 0. The topological polar surface area (TPSA) is 157 Å². The van der Waals surface area contributed by atoms with Crippen molar-refractivity contribution in [3.05, 3.63) is 11.6 Å². The summed E-state index contributed by atoms with van der Waals surface area (Å²) in [6.45, 7) is 12.8. The van der Waals surface area contributed by atoms with Crippen LogP contribution in [0.1, 0.15) is 99.3 Å². The number of ether oxygens (including phenoxy) is 2. The Hall–Kier alpha value is -1.07. The van der Waals surface area contributed by atoms with Crippen molar-refractivity contribution in [2.45, 2.75) is 142 Å². The number of rotatable bonds is 7. The van der Waals surface area contributed by atoms with Gasteiger partial charge < -0.3 is 40.1 Å². The molecule has 6 N–H and O–H groups in total. The highest BCUT2D eigenvalue weighted by atomic mass is 16.7. The minimum atomic E-state index is -1.31. The highest BCUT2D eigenvalue weighted by Crippen LogP contribution is 2.89. The molecule has 0 amide bonds. The average Bonchev–Trinajstić information content (AvgIpc) is 3.56. The second kappa shape index (κ2) is 10.7. The van der Waals surface area contributed by atoms with Gasteiger partial charge in [-0.15, -0.1) is 0 Å². The summed E-state index contributed by atoms with van der Waals surface area (Å²) >= 11 is 0. The lowest BCUT2D eigenvalue weighted by molar-refractivity contribution is -0.304. The zero-order valence-corrected chi connectivity index (χ0v) is 27.4. The van der Waals surface area contributed by atoms with E-state index in [4.69, 9.17) is 9.47 Å². The summed E-state index contributed by atoms with van der Waals surface area (Å²) in [7, 11) is 0. The Kier molecular flexibility index (Phi) is 8.01. The number of allylic oxidation sites excluding steroid dienone is 1. The summed E-state index contributed by atoms with van der Waals surface area (Å²) in [4.78, 5) is 11.3. The van der Waals surface area contributed by atoms with E-state index in [1.807, 2.05) is 0 Å². The first kappa shape index (κ1) is 32.9. The van der Waals surface area contributed by atoms with Crippen LogP contribution in [-0.2, 0) is 14.3 Å². The quantitative estimate of drug-likeness (QED) is 0.185. The van der Waals surface area contributed by atoms with Crippen molar-refractivity contribution in [3.8, 4) is 0 Å². The van der Waals surface area contributed by atoms with E-state index in [0.717, 1.165) is 44.9 Å². The zero-order chi connectivity index (χ0) is 32.2. The maximum atomic E-state index is 12.2. The van der Waals surface area contributed by atoms with Crippen molar-refractivity contribution >= 4 is 5.97 Å². The predicted molar refractivity (Wildman–Crippen MR) is 162 cm³/mol. The Bertz CT molecular complexity index is 1170. The molecule has 1 heterocycles. The molecule has 6 rings (SSSR count). The summed E-state index contributed by atoms with van der Waals surface area (Å²) in [5.41, 5.74) is -0.658. The molecule has 15 atom stereocenters. The molecule has 0 aromatic rings. The maximum absolute atomic E-state index is 12.2. The van der Waals surface area contributed by atoms with Crippen LogP contribution in [0.25, 0.3) is 0 Å². The first-order chi connectivity index (χ1) is 20.5. The summed E-state index contributed by atoms with van der Waals surface area (Å²) in [5.74, 6) is 0.175. The van der Waals surface area contributed by atoms with Gasteiger partial charge in [-0.25, -0.2) is 4.79 Å². The number of hydrogen-bond donors (Lipinski definition) is 6. The Morgan fingerprint density at radius 3 is 2.32 bits per heavy atom. The van der Waals surface area contributed by atoms with E-state index < -0.39 is 53.6 Å². The fourth-order valence-electron chi connectivity index (χ4n) is 12.5. The van der Waals surface area contributed by atoms with Crippen LogP contribution in [0.15, 0.2) is 11.6 Å². The molecule has 0 aromatic heterocycles. The van der Waals surface area contributed by atoms with E-state index in [0.29, 0.717) is 30.3 Å². The molecule has 9 nitrogen and oxygen atoms in total. The molecular formula is C35H56O9. The predicted octanol–water partition coefficient (Wildman–Crippen LogP) is 3.64. The molecule has 1 saturated heterocycles. The molecule has 0 bridgehead atoms. The highest BCUT2D eigenvalue weighted by molar-refractivity contribution is 5.85. The first-order valence-corrected chi connectivity index (χ1v) is 17.1. The molecule has 44 heavy (non-hydrogen) atoms. The zero-order valence-electron chi connectivity index (χ0n) is 27.4. The van der Waals surface area contributed by atoms with Crippen LogP contribution >= 0.6 is 0 Å². The number of fused-ring (bicyclic) bond motifs is 2. The normalized spacial score (nSPS) is 53.6. The molecule has 1 aliphatic heterocycles. The number of aliphatic hydroxyl groups excluding tert-OH is 5. The molecule has 2 spiro atoms. The summed E-state index contributed by atoms with van der Waals surface area (Å²) < 4.78 is 12.0. The second-order valence-electron chi connectivity index (χ2n) is 16.8. The lowest BCUT2D eigenvalue weighted by Crippen LogP contribution is -2.64. The standard InChI is InChI=1S/C35H56O9/c1-18(8-7-9-19(2)29(41)42)20-14-24(37)33(6)23-11-10-22-31(3,4)26(44-30-28(40)27(39)21(36)16-43-30)12-13-34(22)17-35(23,34)15-25(38)32(20,33)5/h9,18,20-28,30,36-40H,7-8,10-17H2,1-6H3,(H,41,42)/b19-9+. The smallest absolute Gasteiger partial charge is 0.330 e. The van der Waals surface area contributed by atoms with E-state index in [1.54, 1.807) is 13.0 Å². The average molecular weight is 621 g/mol. The summed E-state index contributed by atoms with van der Waals surface area (Å²) in [6.07, 6.45) is 3.61. The van der Waals surface area contributed by atoms with Crippen LogP contribution in [0.3, 0.4) is 0 Å². The van der Waals surface area contributed by atoms with Gasteiger partial charge in [-0.3, -0.25) is 0 Å². The SMILES string of the molecule is C/C(=C\CCC(C)C1CC(O)C2(C)C3CCC4C(C)(C)C(OC5OCC(O)C(O)C5O)CCC45CC35CC(O)C12C)C(=O)O. The molecule has 0 aromatic carbocycles. The van der Waals surface area contributed by atoms with Crippen molar-refractivity contribution in [2.24, 2.45) is 50.7 Å². The summed E-state index contributed by atoms with van der Waals surface area (Å²) in [5, 5.41) is 64.1. The van der Waals surface area contributed by atoms with Gasteiger partial charge in [-0.05, 0) is 105 Å². The van der Waals surface area contributed by atoms with Gasteiger partial charge in [0.15, 0.2) is 6.29 Å². The van der Waals surface area contributed by atoms with Crippen LogP contribution in [0.5, 0.6) is 0 Å². The van der Waals surface area contributed by atoms with E-state index in [2.05, 4.69) is 34.6 Å². The Labute approximate surface area is 262 Å². The molecule has 15 unspecified atom stereocenters. The van der Waals surface area contributed by atoms with Crippen molar-refractivity contribution < 1.29 is 44.9 Å². The van der Waals surface area contributed by atoms with E-state index in [9.17, 15) is 35.4 Å². The molecule has 5 aliphatic carbocycles. The number of hydrogen-bond acceptors (Lipinski definition) is 8. The van der Waals surface area contributed by atoms with E-state index in [-0.39, 0.29) is 40.8 Å². The monoisotopic (exact) mass is 620 g/mol. The largest absolute Gasteiger partial charge is 0.478 e. The van der Waals surface area contributed by atoms with Crippen LogP contribution < -0.4 is 0 Å². The third-order valence-corrected chi connectivity index (χ3v) is 15.1. The fraction of sp³-hybridized carbons (Fsp3) is 0.914. The van der Waals surface area contributed by atoms with Crippen LogP contribution in [0, 0.1) is 50.7 Å². The van der Waals surface area contributed by atoms with Crippen molar-refractivity contribution in [2.75, 3.05) is 6.61 Å². The van der Waals surface area contributed by atoms with Gasteiger partial charge in [0.05, 0.1) is 24.9 Å². The number of carboxylic acids is 1. The third kappa shape index (κ3) is 4.25. The van der Waals surface area contributed by atoms with Crippen molar-refractivity contribution in [1.29, 1.82) is 0 Å². The molecule has 250 valence electrons. The molecule has 9 heteroatoms. The second-order valence-corrected chi connectivity index (χ2v) is 16.8. The first-order valence-electron chi connectivity index (χ1n) is 17.1. The number of carbonyl (C=O) groups is 1. The minimum absolute atomic E-state index is 0.0204. The maximum Gasteiger partial charge on any atom is 0.330 e. The number of aliphatic carboxylic acids is 1. The fourth-order valence-corrected chi connectivity index (χ4v) is 12.5. The van der Waals surface area contributed by atoms with Gasteiger partial charge in [0, 0.05) is 16.4 Å². The van der Waals surface area contributed by atoms with Gasteiger partial charge in [0.25, 0.3) is 0 Å². The van der Waals surface area contributed by atoms with Gasteiger partial charge in [-0.1, -0.05) is 40.7 Å². The van der Waals surface area contributed by atoms with E-state index in [1.165, 1.54) is 0 Å².